The van der Waals surface area contributed by atoms with E-state index in [-0.39, 0.29) is 0 Å². The fourth-order valence-electron chi connectivity index (χ4n) is 1.41. The zero-order valence-electron chi connectivity index (χ0n) is 6.75. The summed E-state index contributed by atoms with van der Waals surface area (Å²) in [4.78, 5) is 10.5. The fraction of sp³-hybridized carbons (Fsp3) is 0.875. The summed E-state index contributed by atoms with van der Waals surface area (Å²) < 4.78 is 5.07. The molecule has 1 rings (SSSR count). The third kappa shape index (κ3) is 2.19. The molecule has 3 nitrogen and oxygen atoms in total. The van der Waals surface area contributed by atoms with Gasteiger partial charge < -0.3 is 9.84 Å². The highest BCUT2D eigenvalue weighted by molar-refractivity contribution is 5.72. The molecule has 2 unspecified atom stereocenters. The van der Waals surface area contributed by atoms with Crippen LogP contribution in [0.15, 0.2) is 0 Å². The Bertz CT molecular complexity index is 144. The number of ether oxygens (including phenoxy) is 1. The van der Waals surface area contributed by atoms with Gasteiger partial charge in [-0.1, -0.05) is 13.3 Å². The van der Waals surface area contributed by atoms with Crippen molar-refractivity contribution >= 4 is 5.97 Å². The highest BCUT2D eigenvalue weighted by Gasteiger charge is 2.26. The Labute approximate surface area is 66.4 Å². The van der Waals surface area contributed by atoms with E-state index in [9.17, 15) is 4.79 Å². The molecule has 1 fully saturated rings. The second-order valence-corrected chi connectivity index (χ2v) is 3.00. The van der Waals surface area contributed by atoms with Gasteiger partial charge in [0.15, 0.2) is 6.10 Å². The van der Waals surface area contributed by atoms with E-state index in [2.05, 4.69) is 6.92 Å². The number of carbonyl (C=O) groups is 1. The maximum atomic E-state index is 10.5. The molecule has 1 heterocycles. The molecule has 1 aliphatic rings. The van der Waals surface area contributed by atoms with Gasteiger partial charge in [-0.25, -0.2) is 4.79 Å². The first-order valence-electron chi connectivity index (χ1n) is 4.08. The number of aliphatic carboxylic acids is 1. The van der Waals surface area contributed by atoms with Crippen molar-refractivity contribution in [1.29, 1.82) is 0 Å². The Morgan fingerprint density at radius 2 is 2.45 bits per heavy atom. The largest absolute Gasteiger partial charge is 0.479 e. The summed E-state index contributed by atoms with van der Waals surface area (Å²) in [7, 11) is 0. The van der Waals surface area contributed by atoms with Crippen LogP contribution < -0.4 is 0 Å². The van der Waals surface area contributed by atoms with Crippen molar-refractivity contribution in [2.24, 2.45) is 5.92 Å². The molecule has 1 aliphatic heterocycles. The van der Waals surface area contributed by atoms with Gasteiger partial charge in [0.25, 0.3) is 0 Å². The first-order valence-corrected chi connectivity index (χ1v) is 4.08. The van der Waals surface area contributed by atoms with Gasteiger partial charge in [-0.3, -0.25) is 0 Å². The monoisotopic (exact) mass is 158 g/mol. The Balaban J connectivity index is 2.39. The zero-order chi connectivity index (χ0) is 8.27. The fourth-order valence-corrected chi connectivity index (χ4v) is 1.41. The average Bonchev–Trinajstić information content (AvgIpc) is 2.05. The van der Waals surface area contributed by atoms with Crippen LogP contribution in [0.5, 0.6) is 0 Å². The lowest BCUT2D eigenvalue weighted by atomic mass is 9.93. The van der Waals surface area contributed by atoms with E-state index in [4.69, 9.17) is 9.84 Å². The molecule has 0 saturated carbocycles. The van der Waals surface area contributed by atoms with Gasteiger partial charge in [-0.05, 0) is 18.8 Å². The van der Waals surface area contributed by atoms with Crippen molar-refractivity contribution < 1.29 is 14.6 Å². The molecular weight excluding hydrogens is 144 g/mol. The van der Waals surface area contributed by atoms with Crippen LogP contribution >= 0.6 is 0 Å². The Morgan fingerprint density at radius 3 is 3.00 bits per heavy atom. The second-order valence-electron chi connectivity index (χ2n) is 3.00. The minimum atomic E-state index is -0.817. The molecule has 0 radical (unpaired) electrons. The summed E-state index contributed by atoms with van der Waals surface area (Å²) in [5.74, 6) is -0.270. The van der Waals surface area contributed by atoms with E-state index in [1.807, 2.05) is 0 Å². The van der Waals surface area contributed by atoms with E-state index in [1.54, 1.807) is 0 Å². The molecule has 0 amide bonds. The molecule has 2 atom stereocenters. The van der Waals surface area contributed by atoms with E-state index >= 15 is 0 Å². The Kier molecular flexibility index (Phi) is 2.88. The third-order valence-corrected chi connectivity index (χ3v) is 2.25. The summed E-state index contributed by atoms with van der Waals surface area (Å²) in [6.07, 6.45) is 2.22. The predicted molar refractivity (Wildman–Crippen MR) is 40.4 cm³/mol. The van der Waals surface area contributed by atoms with Gasteiger partial charge in [0.2, 0.25) is 0 Å². The summed E-state index contributed by atoms with van der Waals surface area (Å²) in [6, 6.07) is 0. The second kappa shape index (κ2) is 3.72. The molecule has 0 aliphatic carbocycles. The standard InChI is InChI=1S/C8H14O3/c1-2-6-3-4-11-7(5-6)8(9)10/h6-7H,2-5H2,1H3,(H,9,10). The maximum absolute atomic E-state index is 10.5. The molecule has 11 heavy (non-hydrogen) atoms. The number of hydrogen-bond acceptors (Lipinski definition) is 2. The van der Waals surface area contributed by atoms with Gasteiger partial charge in [-0.15, -0.1) is 0 Å². The molecule has 1 saturated heterocycles. The third-order valence-electron chi connectivity index (χ3n) is 2.25. The lowest BCUT2D eigenvalue weighted by molar-refractivity contribution is -0.155. The average molecular weight is 158 g/mol. The van der Waals surface area contributed by atoms with Crippen LogP contribution in [0, 0.1) is 5.92 Å². The van der Waals surface area contributed by atoms with Crippen molar-refractivity contribution in [2.75, 3.05) is 6.61 Å². The van der Waals surface area contributed by atoms with Crippen LogP contribution in [0.3, 0.4) is 0 Å². The Morgan fingerprint density at radius 1 is 1.73 bits per heavy atom. The van der Waals surface area contributed by atoms with Crippen molar-refractivity contribution in [1.82, 2.24) is 0 Å². The normalized spacial score (nSPS) is 31.7. The molecule has 1 N–H and O–H groups in total. The molecule has 0 spiro atoms. The molecule has 0 bridgehead atoms. The SMILES string of the molecule is CCC1CCOC(C(=O)O)C1. The number of carboxylic acids is 1. The summed E-state index contributed by atoms with van der Waals surface area (Å²) in [6.45, 7) is 2.70. The van der Waals surface area contributed by atoms with Crippen LogP contribution in [0.4, 0.5) is 0 Å². The smallest absolute Gasteiger partial charge is 0.332 e. The summed E-state index contributed by atoms with van der Waals surface area (Å²) in [5.41, 5.74) is 0. The van der Waals surface area contributed by atoms with Gasteiger partial charge in [0, 0.05) is 6.61 Å². The molecule has 0 aromatic rings. The lowest BCUT2D eigenvalue weighted by Gasteiger charge is -2.25. The summed E-state index contributed by atoms with van der Waals surface area (Å²) >= 11 is 0. The van der Waals surface area contributed by atoms with Crippen LogP contribution in [0.1, 0.15) is 26.2 Å². The molecular formula is C8H14O3. The van der Waals surface area contributed by atoms with E-state index < -0.39 is 12.1 Å². The van der Waals surface area contributed by atoms with Crippen molar-refractivity contribution in [3.63, 3.8) is 0 Å². The maximum Gasteiger partial charge on any atom is 0.332 e. The van der Waals surface area contributed by atoms with Crippen LogP contribution in [-0.4, -0.2) is 23.8 Å². The van der Waals surface area contributed by atoms with E-state index in [0.717, 1.165) is 12.8 Å². The van der Waals surface area contributed by atoms with Gasteiger partial charge in [0.05, 0.1) is 0 Å². The van der Waals surface area contributed by atoms with Crippen LogP contribution in [-0.2, 0) is 9.53 Å². The van der Waals surface area contributed by atoms with Gasteiger partial charge in [-0.2, -0.15) is 0 Å². The van der Waals surface area contributed by atoms with Crippen molar-refractivity contribution in [3.8, 4) is 0 Å². The van der Waals surface area contributed by atoms with Gasteiger partial charge in [0.1, 0.15) is 0 Å². The topological polar surface area (TPSA) is 46.5 Å². The predicted octanol–water partition coefficient (Wildman–Crippen LogP) is 1.28. The minimum absolute atomic E-state index is 0.546. The number of carboxylic acid groups (broad SMARTS) is 1. The molecule has 0 aromatic carbocycles. The highest BCUT2D eigenvalue weighted by Crippen LogP contribution is 2.22. The zero-order valence-corrected chi connectivity index (χ0v) is 6.75. The van der Waals surface area contributed by atoms with Crippen LogP contribution in [0.25, 0.3) is 0 Å². The lowest BCUT2D eigenvalue weighted by Crippen LogP contribution is -2.31. The van der Waals surface area contributed by atoms with Crippen molar-refractivity contribution in [2.45, 2.75) is 32.3 Å². The summed E-state index contributed by atoms with van der Waals surface area (Å²) in [5, 5.41) is 8.63. The highest BCUT2D eigenvalue weighted by atomic mass is 16.5. The van der Waals surface area contributed by atoms with Crippen LogP contribution in [0.2, 0.25) is 0 Å². The van der Waals surface area contributed by atoms with E-state index in [0.29, 0.717) is 18.9 Å². The van der Waals surface area contributed by atoms with E-state index in [1.165, 1.54) is 0 Å². The quantitative estimate of drug-likeness (QED) is 0.658. The van der Waals surface area contributed by atoms with Crippen molar-refractivity contribution in [3.05, 3.63) is 0 Å². The first-order chi connectivity index (χ1) is 5.24. The number of rotatable bonds is 2. The minimum Gasteiger partial charge on any atom is -0.479 e. The first kappa shape index (κ1) is 8.53. The van der Waals surface area contributed by atoms with Gasteiger partial charge >= 0.3 is 5.97 Å². The molecule has 3 heteroatoms. The molecule has 64 valence electrons. The number of hydrogen-bond donors (Lipinski definition) is 1. The molecule has 0 aromatic heterocycles. The Hall–Kier alpha value is -0.570.